The first-order valence-electron chi connectivity index (χ1n) is 5.49. The molecule has 0 heterocycles. The van der Waals surface area contributed by atoms with Crippen LogP contribution in [-0.2, 0) is 4.79 Å². The monoisotopic (exact) mass is 237 g/mol. The van der Waals surface area contributed by atoms with Gasteiger partial charge < -0.3 is 5.32 Å². The fourth-order valence-electron chi connectivity index (χ4n) is 1.31. The zero-order chi connectivity index (χ0) is 13.0. The van der Waals surface area contributed by atoms with E-state index in [0.717, 1.165) is 0 Å². The number of rotatable bonds is 4. The largest absolute Gasteiger partial charge is 0.345 e. The molecule has 0 aromatic heterocycles. The van der Waals surface area contributed by atoms with Gasteiger partial charge in [0.05, 0.1) is 6.54 Å². The van der Waals surface area contributed by atoms with Crippen LogP contribution >= 0.6 is 0 Å². The molecule has 17 heavy (non-hydrogen) atoms. The molecule has 0 aliphatic carbocycles. The third-order valence-electron chi connectivity index (χ3n) is 2.51. The number of hydrogen-bond donors (Lipinski definition) is 1. The van der Waals surface area contributed by atoms with Gasteiger partial charge in [0.1, 0.15) is 5.82 Å². The molecule has 1 N–H and O–H groups in total. The van der Waals surface area contributed by atoms with Crippen molar-refractivity contribution in [3.05, 3.63) is 35.1 Å². The highest BCUT2D eigenvalue weighted by molar-refractivity contribution is 5.98. The molecule has 0 saturated carbocycles. The Kier molecular flexibility index (Phi) is 4.37. The Labute approximate surface area is 100 Å². The topological polar surface area (TPSA) is 46.2 Å². The van der Waals surface area contributed by atoms with Gasteiger partial charge in [-0.25, -0.2) is 4.39 Å². The highest BCUT2D eigenvalue weighted by Crippen LogP contribution is 2.09. The molecule has 0 fully saturated rings. The molecular formula is C13H16FNO2. The van der Waals surface area contributed by atoms with Gasteiger partial charge in [-0.2, -0.15) is 0 Å². The van der Waals surface area contributed by atoms with E-state index in [4.69, 9.17) is 0 Å². The number of benzene rings is 1. The molecule has 1 rings (SSSR count). The van der Waals surface area contributed by atoms with Crippen LogP contribution < -0.4 is 5.32 Å². The minimum absolute atomic E-state index is 0.0214. The second-order valence-corrected chi connectivity index (χ2v) is 4.26. The Morgan fingerprint density at radius 2 is 2.00 bits per heavy atom. The van der Waals surface area contributed by atoms with E-state index in [1.807, 2.05) is 0 Å². The van der Waals surface area contributed by atoms with Crippen LogP contribution in [0.1, 0.15) is 29.8 Å². The standard InChI is InChI=1S/C13H16FNO2/c1-8(2)12(16)7-15-13(17)11-6-10(14)5-4-9(11)3/h4-6,8H,7H2,1-3H3,(H,15,17). The second kappa shape index (κ2) is 5.57. The van der Waals surface area contributed by atoms with E-state index in [-0.39, 0.29) is 23.8 Å². The molecule has 1 amide bonds. The Morgan fingerprint density at radius 3 is 2.59 bits per heavy atom. The maximum atomic E-state index is 13.0. The number of aryl methyl sites for hydroxylation is 1. The predicted octanol–water partition coefficient (Wildman–Crippen LogP) is 2.09. The van der Waals surface area contributed by atoms with Gasteiger partial charge in [0.25, 0.3) is 5.91 Å². The summed E-state index contributed by atoms with van der Waals surface area (Å²) in [7, 11) is 0. The number of Topliss-reactive ketones (excluding diaryl/α,β-unsaturated/α-hetero) is 1. The number of nitrogens with one attached hydrogen (secondary N) is 1. The summed E-state index contributed by atoms with van der Waals surface area (Å²) in [5.74, 6) is -1.05. The number of ketones is 1. The summed E-state index contributed by atoms with van der Waals surface area (Å²) in [6.07, 6.45) is 0. The van der Waals surface area contributed by atoms with Gasteiger partial charge in [-0.1, -0.05) is 19.9 Å². The SMILES string of the molecule is Cc1ccc(F)cc1C(=O)NCC(=O)C(C)C. The predicted molar refractivity (Wildman–Crippen MR) is 63.3 cm³/mol. The van der Waals surface area contributed by atoms with E-state index in [2.05, 4.69) is 5.32 Å². The molecule has 4 heteroatoms. The van der Waals surface area contributed by atoms with Crippen LogP contribution in [0.4, 0.5) is 4.39 Å². The summed E-state index contributed by atoms with van der Waals surface area (Å²) in [4.78, 5) is 23.1. The Hall–Kier alpha value is -1.71. The van der Waals surface area contributed by atoms with E-state index in [1.165, 1.54) is 18.2 Å². The number of hydrogen-bond acceptors (Lipinski definition) is 2. The van der Waals surface area contributed by atoms with Crippen molar-refractivity contribution in [1.29, 1.82) is 0 Å². The van der Waals surface area contributed by atoms with Crippen molar-refractivity contribution in [2.24, 2.45) is 5.92 Å². The molecule has 1 aromatic carbocycles. The Bertz CT molecular complexity index is 441. The van der Waals surface area contributed by atoms with E-state index < -0.39 is 11.7 Å². The maximum Gasteiger partial charge on any atom is 0.252 e. The minimum Gasteiger partial charge on any atom is -0.345 e. The van der Waals surface area contributed by atoms with Crippen LogP contribution in [0.15, 0.2) is 18.2 Å². The molecule has 1 aromatic rings. The summed E-state index contributed by atoms with van der Waals surface area (Å²) in [5.41, 5.74) is 0.947. The molecule has 3 nitrogen and oxygen atoms in total. The minimum atomic E-state index is -0.462. The highest BCUT2D eigenvalue weighted by Gasteiger charge is 2.12. The second-order valence-electron chi connectivity index (χ2n) is 4.26. The van der Waals surface area contributed by atoms with Gasteiger partial charge in [-0.05, 0) is 24.6 Å². The van der Waals surface area contributed by atoms with Crippen molar-refractivity contribution in [2.75, 3.05) is 6.54 Å². The first-order chi connectivity index (χ1) is 7.91. The Morgan fingerprint density at radius 1 is 1.35 bits per heavy atom. The molecule has 0 atom stereocenters. The summed E-state index contributed by atoms with van der Waals surface area (Å²) in [5, 5.41) is 2.49. The zero-order valence-electron chi connectivity index (χ0n) is 10.2. The van der Waals surface area contributed by atoms with Crippen LogP contribution in [0.3, 0.4) is 0 Å². The van der Waals surface area contributed by atoms with Crippen LogP contribution in [0, 0.1) is 18.7 Å². The van der Waals surface area contributed by atoms with Crippen molar-refractivity contribution in [1.82, 2.24) is 5.32 Å². The van der Waals surface area contributed by atoms with Crippen molar-refractivity contribution in [3.63, 3.8) is 0 Å². The first-order valence-corrected chi connectivity index (χ1v) is 5.49. The maximum absolute atomic E-state index is 13.0. The van der Waals surface area contributed by atoms with Crippen LogP contribution in [0.25, 0.3) is 0 Å². The zero-order valence-corrected chi connectivity index (χ0v) is 10.2. The van der Waals surface area contributed by atoms with Gasteiger partial charge in [0.2, 0.25) is 0 Å². The van der Waals surface area contributed by atoms with E-state index in [0.29, 0.717) is 5.56 Å². The van der Waals surface area contributed by atoms with Crippen molar-refractivity contribution in [2.45, 2.75) is 20.8 Å². The molecule has 0 radical (unpaired) electrons. The fourth-order valence-corrected chi connectivity index (χ4v) is 1.31. The average Bonchev–Trinajstić information content (AvgIpc) is 2.28. The average molecular weight is 237 g/mol. The van der Waals surface area contributed by atoms with Gasteiger partial charge in [-0.15, -0.1) is 0 Å². The van der Waals surface area contributed by atoms with Gasteiger partial charge in [-0.3, -0.25) is 9.59 Å². The summed E-state index contributed by atoms with van der Waals surface area (Å²) >= 11 is 0. The lowest BCUT2D eigenvalue weighted by Crippen LogP contribution is -2.32. The van der Waals surface area contributed by atoms with Gasteiger partial charge in [0.15, 0.2) is 5.78 Å². The molecule has 0 aliphatic rings. The lowest BCUT2D eigenvalue weighted by atomic mass is 10.1. The first kappa shape index (κ1) is 13.4. The smallest absolute Gasteiger partial charge is 0.252 e. The van der Waals surface area contributed by atoms with Crippen molar-refractivity contribution >= 4 is 11.7 Å². The van der Waals surface area contributed by atoms with Crippen molar-refractivity contribution in [3.8, 4) is 0 Å². The molecular weight excluding hydrogens is 221 g/mol. The third kappa shape index (κ3) is 3.66. The third-order valence-corrected chi connectivity index (χ3v) is 2.51. The van der Waals surface area contributed by atoms with Crippen LogP contribution in [0.5, 0.6) is 0 Å². The molecule has 0 unspecified atom stereocenters. The van der Waals surface area contributed by atoms with Crippen LogP contribution in [0.2, 0.25) is 0 Å². The van der Waals surface area contributed by atoms with Gasteiger partial charge >= 0.3 is 0 Å². The van der Waals surface area contributed by atoms with Crippen molar-refractivity contribution < 1.29 is 14.0 Å². The summed E-state index contributed by atoms with van der Waals surface area (Å²) in [6, 6.07) is 4.00. The molecule has 0 saturated heterocycles. The molecule has 0 aliphatic heterocycles. The summed E-state index contributed by atoms with van der Waals surface area (Å²) < 4.78 is 13.0. The van der Waals surface area contributed by atoms with Crippen LogP contribution in [-0.4, -0.2) is 18.2 Å². The Balaban J connectivity index is 2.70. The van der Waals surface area contributed by atoms with E-state index in [9.17, 15) is 14.0 Å². The number of carbonyl (C=O) groups excluding carboxylic acids is 2. The number of amides is 1. The normalized spacial score (nSPS) is 10.4. The molecule has 92 valence electrons. The molecule has 0 bridgehead atoms. The summed E-state index contributed by atoms with van der Waals surface area (Å²) in [6.45, 7) is 5.23. The van der Waals surface area contributed by atoms with E-state index >= 15 is 0 Å². The number of carbonyl (C=O) groups is 2. The fraction of sp³-hybridized carbons (Fsp3) is 0.385. The highest BCUT2D eigenvalue weighted by atomic mass is 19.1. The molecule has 0 spiro atoms. The number of halogens is 1. The lowest BCUT2D eigenvalue weighted by molar-refractivity contribution is -0.120. The quantitative estimate of drug-likeness (QED) is 0.871. The lowest BCUT2D eigenvalue weighted by Gasteiger charge is -2.08. The van der Waals surface area contributed by atoms with Gasteiger partial charge in [0, 0.05) is 11.5 Å². The van der Waals surface area contributed by atoms with E-state index in [1.54, 1.807) is 20.8 Å².